The highest BCUT2D eigenvalue weighted by molar-refractivity contribution is 5.90. The summed E-state index contributed by atoms with van der Waals surface area (Å²) in [5, 5.41) is 24.9. The van der Waals surface area contributed by atoms with E-state index in [1.54, 1.807) is 36.6 Å². The van der Waals surface area contributed by atoms with Crippen molar-refractivity contribution in [3.05, 3.63) is 110 Å². The molecule has 0 spiro atoms. The number of aliphatic imine (C=N–C) groups is 1. The highest BCUT2D eigenvalue weighted by Gasteiger charge is 2.09. The van der Waals surface area contributed by atoms with Gasteiger partial charge in [-0.25, -0.2) is 0 Å². The highest BCUT2D eigenvalue weighted by Crippen LogP contribution is 2.23. The lowest BCUT2D eigenvalue weighted by Crippen LogP contribution is -2.00. The van der Waals surface area contributed by atoms with Crippen molar-refractivity contribution in [3.63, 3.8) is 0 Å². The molecule has 8 nitrogen and oxygen atoms in total. The topological polar surface area (TPSA) is 111 Å². The Kier molecular flexibility index (Phi) is 7.99. The Morgan fingerprint density at radius 3 is 1.87 bits per heavy atom. The quantitative estimate of drug-likeness (QED) is 0.272. The number of nitrogens with zero attached hydrogens (tertiary/aromatic N) is 3. The molecule has 0 saturated carbocycles. The number of anilines is 1. The molecular formula is C22H19ClN4O4. The summed E-state index contributed by atoms with van der Waals surface area (Å²) in [6, 6.07) is 19.8. The Labute approximate surface area is 184 Å². The maximum absolute atomic E-state index is 10.9. The predicted molar refractivity (Wildman–Crippen MR) is 124 cm³/mol. The van der Waals surface area contributed by atoms with Gasteiger partial charge in [0.15, 0.2) is 0 Å². The molecule has 0 aliphatic heterocycles. The van der Waals surface area contributed by atoms with Gasteiger partial charge in [0, 0.05) is 41.9 Å². The lowest BCUT2D eigenvalue weighted by atomic mass is 10.1. The van der Waals surface area contributed by atoms with E-state index in [4.69, 9.17) is 0 Å². The lowest BCUT2D eigenvalue weighted by Gasteiger charge is -2.11. The van der Waals surface area contributed by atoms with Crippen LogP contribution in [0.25, 0.3) is 5.70 Å². The van der Waals surface area contributed by atoms with Gasteiger partial charge in [-0.2, -0.15) is 0 Å². The number of rotatable bonds is 7. The molecule has 0 amide bonds. The molecule has 3 aromatic carbocycles. The maximum atomic E-state index is 10.9. The molecule has 0 aliphatic carbocycles. The molecule has 1 N–H and O–H groups in total. The highest BCUT2D eigenvalue weighted by atomic mass is 35.5. The van der Waals surface area contributed by atoms with Gasteiger partial charge in [0.05, 0.1) is 15.5 Å². The second-order valence-electron chi connectivity index (χ2n) is 6.43. The van der Waals surface area contributed by atoms with Crippen molar-refractivity contribution in [3.8, 4) is 0 Å². The fourth-order valence-electron chi connectivity index (χ4n) is 2.62. The normalized spacial score (nSPS) is 11.1. The van der Waals surface area contributed by atoms with Gasteiger partial charge in [-0.1, -0.05) is 17.7 Å². The third-order valence-electron chi connectivity index (χ3n) is 4.25. The van der Waals surface area contributed by atoms with E-state index in [9.17, 15) is 20.2 Å². The number of allylic oxidation sites excluding steroid dienone is 1. The summed E-state index contributed by atoms with van der Waals surface area (Å²) in [5.41, 5.74) is 3.87. The summed E-state index contributed by atoms with van der Waals surface area (Å²) in [7, 11) is 0. The van der Waals surface area contributed by atoms with Crippen LogP contribution in [-0.4, -0.2) is 16.1 Å². The van der Waals surface area contributed by atoms with Crippen molar-refractivity contribution in [1.82, 2.24) is 0 Å². The standard InChI is InChI=1S/C22H18N4O4.ClH/c1-16-2-6-18(7-3-16)23-15-14-22(17-4-10-20(11-5-17)25(27)28)24-19-8-12-21(13-9-19)26(29)30;/h2-15,24H,1H3;1H/b22-14+,23-15?;. The van der Waals surface area contributed by atoms with Crippen LogP contribution in [0.3, 0.4) is 0 Å². The van der Waals surface area contributed by atoms with Crippen LogP contribution in [0.5, 0.6) is 0 Å². The van der Waals surface area contributed by atoms with Gasteiger partial charge in [0.25, 0.3) is 11.4 Å². The largest absolute Gasteiger partial charge is 0.355 e. The van der Waals surface area contributed by atoms with E-state index in [-0.39, 0.29) is 23.8 Å². The smallest absolute Gasteiger partial charge is 0.269 e. The first kappa shape index (κ1) is 23.2. The predicted octanol–water partition coefficient (Wildman–Crippen LogP) is 6.09. The third kappa shape index (κ3) is 6.48. The van der Waals surface area contributed by atoms with Crippen LogP contribution in [0.2, 0.25) is 0 Å². The molecule has 31 heavy (non-hydrogen) atoms. The molecular weight excluding hydrogens is 420 g/mol. The number of hydrogen-bond donors (Lipinski definition) is 1. The number of nitro benzene ring substituents is 2. The van der Waals surface area contributed by atoms with Crippen LogP contribution in [-0.2, 0) is 0 Å². The van der Waals surface area contributed by atoms with Gasteiger partial charge in [-0.3, -0.25) is 25.2 Å². The van der Waals surface area contributed by atoms with Gasteiger partial charge < -0.3 is 5.32 Å². The monoisotopic (exact) mass is 438 g/mol. The Bertz CT molecular complexity index is 1110. The molecule has 0 heterocycles. The average Bonchev–Trinajstić information content (AvgIpc) is 2.75. The average molecular weight is 439 g/mol. The van der Waals surface area contributed by atoms with E-state index in [0.29, 0.717) is 16.9 Å². The lowest BCUT2D eigenvalue weighted by molar-refractivity contribution is -0.385. The summed E-state index contributed by atoms with van der Waals surface area (Å²) in [4.78, 5) is 25.2. The Balaban J connectivity index is 0.00000341. The zero-order valence-electron chi connectivity index (χ0n) is 16.5. The van der Waals surface area contributed by atoms with Crippen LogP contribution in [0.4, 0.5) is 22.7 Å². The molecule has 0 unspecified atom stereocenters. The van der Waals surface area contributed by atoms with Crippen molar-refractivity contribution in [2.24, 2.45) is 4.99 Å². The van der Waals surface area contributed by atoms with Crippen molar-refractivity contribution in [2.75, 3.05) is 5.32 Å². The SMILES string of the molecule is Cc1ccc(N=C/C=C(/Nc2ccc([N+](=O)[O-])cc2)c2ccc([N+](=O)[O-])cc2)cc1.Cl. The number of nitro groups is 2. The van der Waals surface area contributed by atoms with Crippen LogP contribution in [0.15, 0.2) is 83.9 Å². The minimum Gasteiger partial charge on any atom is -0.355 e. The molecule has 0 saturated heterocycles. The maximum Gasteiger partial charge on any atom is 0.269 e. The Hall–Kier alpha value is -4.04. The summed E-state index contributed by atoms with van der Waals surface area (Å²) in [6.07, 6.45) is 3.36. The van der Waals surface area contributed by atoms with Crippen LogP contribution in [0, 0.1) is 27.2 Å². The van der Waals surface area contributed by atoms with Gasteiger partial charge in [0.1, 0.15) is 0 Å². The van der Waals surface area contributed by atoms with E-state index >= 15 is 0 Å². The van der Waals surface area contributed by atoms with Gasteiger partial charge in [0.2, 0.25) is 0 Å². The first-order chi connectivity index (χ1) is 14.4. The van der Waals surface area contributed by atoms with Gasteiger partial charge in [-0.15, -0.1) is 12.4 Å². The molecule has 3 rings (SSSR count). The molecule has 158 valence electrons. The van der Waals surface area contributed by atoms with E-state index in [1.165, 1.54) is 24.3 Å². The van der Waals surface area contributed by atoms with Crippen molar-refractivity contribution in [2.45, 2.75) is 6.92 Å². The minimum absolute atomic E-state index is 0. The number of aryl methyl sites for hydroxylation is 1. The van der Waals surface area contributed by atoms with Crippen molar-refractivity contribution < 1.29 is 9.85 Å². The molecule has 3 aromatic rings. The zero-order chi connectivity index (χ0) is 21.5. The fourth-order valence-corrected chi connectivity index (χ4v) is 2.62. The Morgan fingerprint density at radius 2 is 1.35 bits per heavy atom. The second-order valence-corrected chi connectivity index (χ2v) is 6.43. The van der Waals surface area contributed by atoms with E-state index in [2.05, 4.69) is 10.3 Å². The number of non-ortho nitro benzene ring substituents is 2. The number of benzene rings is 3. The summed E-state index contributed by atoms with van der Waals surface area (Å²) in [6.45, 7) is 1.99. The molecule has 0 fully saturated rings. The van der Waals surface area contributed by atoms with Crippen LogP contribution >= 0.6 is 12.4 Å². The first-order valence-electron chi connectivity index (χ1n) is 9.00. The number of halogens is 1. The second kappa shape index (κ2) is 10.7. The van der Waals surface area contributed by atoms with Gasteiger partial charge in [-0.05, 0) is 55.0 Å². The third-order valence-corrected chi connectivity index (χ3v) is 4.25. The zero-order valence-corrected chi connectivity index (χ0v) is 17.3. The van der Waals surface area contributed by atoms with Gasteiger partial charge >= 0.3 is 0 Å². The van der Waals surface area contributed by atoms with Crippen LogP contribution < -0.4 is 5.32 Å². The number of hydrogen-bond acceptors (Lipinski definition) is 6. The summed E-state index contributed by atoms with van der Waals surface area (Å²) >= 11 is 0. The van der Waals surface area contributed by atoms with E-state index in [1.807, 2.05) is 31.2 Å². The fraction of sp³-hybridized carbons (Fsp3) is 0.0455. The number of nitrogens with one attached hydrogen (secondary N) is 1. The van der Waals surface area contributed by atoms with E-state index in [0.717, 1.165) is 11.3 Å². The van der Waals surface area contributed by atoms with Crippen molar-refractivity contribution in [1.29, 1.82) is 0 Å². The van der Waals surface area contributed by atoms with E-state index < -0.39 is 9.85 Å². The summed E-state index contributed by atoms with van der Waals surface area (Å²) in [5.74, 6) is 0. The first-order valence-corrected chi connectivity index (χ1v) is 9.00. The molecule has 0 atom stereocenters. The molecule has 0 aliphatic rings. The van der Waals surface area contributed by atoms with Crippen LogP contribution in [0.1, 0.15) is 11.1 Å². The summed E-state index contributed by atoms with van der Waals surface area (Å²) < 4.78 is 0. The molecule has 0 radical (unpaired) electrons. The Morgan fingerprint density at radius 1 is 0.839 bits per heavy atom. The molecule has 0 bridgehead atoms. The minimum atomic E-state index is -0.467. The molecule has 0 aromatic heterocycles. The molecule has 9 heteroatoms. The van der Waals surface area contributed by atoms with Crippen molar-refractivity contribution >= 4 is 47.1 Å².